The standard InChI is InChI=1S/C26H28N6O2/c1-16(19-8-6-5-7-9-19)24(29-25(33)22-14-15-27-32(22)4)26(34)28-21-12-10-20(11-13-21)23-17(2)30-31-18(23)3/h5-16,24H,1-4H3,(H,28,34)(H,29,33)(H,30,31)/t16-,24?/m0/s1. The molecule has 0 saturated carbocycles. The lowest BCUT2D eigenvalue weighted by molar-refractivity contribution is -0.118. The Balaban J connectivity index is 1.56. The monoisotopic (exact) mass is 456 g/mol. The second-order valence-corrected chi connectivity index (χ2v) is 8.37. The van der Waals surface area contributed by atoms with Crippen molar-refractivity contribution in [3.05, 3.63) is 89.5 Å². The summed E-state index contributed by atoms with van der Waals surface area (Å²) in [6, 6.07) is 18.1. The van der Waals surface area contributed by atoms with Gasteiger partial charge in [-0.25, -0.2) is 0 Å². The Morgan fingerprint density at radius 1 is 1.00 bits per heavy atom. The zero-order chi connectivity index (χ0) is 24.2. The van der Waals surface area contributed by atoms with E-state index in [9.17, 15) is 9.59 Å². The van der Waals surface area contributed by atoms with Gasteiger partial charge in [-0.2, -0.15) is 10.2 Å². The van der Waals surface area contributed by atoms with Crippen LogP contribution in [0.3, 0.4) is 0 Å². The number of hydrogen-bond acceptors (Lipinski definition) is 4. The molecule has 174 valence electrons. The van der Waals surface area contributed by atoms with E-state index in [-0.39, 0.29) is 17.7 Å². The van der Waals surface area contributed by atoms with E-state index >= 15 is 0 Å². The van der Waals surface area contributed by atoms with Crippen LogP contribution in [0.15, 0.2) is 66.9 Å². The average Bonchev–Trinajstić information content (AvgIpc) is 3.42. The Labute approximate surface area is 198 Å². The van der Waals surface area contributed by atoms with Crippen molar-refractivity contribution in [2.75, 3.05) is 5.32 Å². The lowest BCUT2D eigenvalue weighted by atomic mass is 9.92. The van der Waals surface area contributed by atoms with Crippen molar-refractivity contribution in [1.82, 2.24) is 25.3 Å². The van der Waals surface area contributed by atoms with Crippen molar-refractivity contribution in [2.45, 2.75) is 32.7 Å². The first-order chi connectivity index (χ1) is 16.3. The Hall–Kier alpha value is -4.20. The summed E-state index contributed by atoms with van der Waals surface area (Å²) in [7, 11) is 1.69. The number of anilines is 1. The van der Waals surface area contributed by atoms with Crippen LogP contribution in [0.2, 0.25) is 0 Å². The van der Waals surface area contributed by atoms with Crippen LogP contribution in [0.25, 0.3) is 11.1 Å². The fourth-order valence-electron chi connectivity index (χ4n) is 4.09. The Morgan fingerprint density at radius 3 is 2.29 bits per heavy atom. The third-order valence-corrected chi connectivity index (χ3v) is 6.02. The van der Waals surface area contributed by atoms with Gasteiger partial charge in [0, 0.05) is 36.1 Å². The minimum Gasteiger partial charge on any atom is -0.338 e. The topological polar surface area (TPSA) is 105 Å². The second kappa shape index (κ2) is 9.74. The fraction of sp³-hybridized carbons (Fsp3) is 0.231. The van der Waals surface area contributed by atoms with Gasteiger partial charge in [-0.05, 0) is 43.2 Å². The van der Waals surface area contributed by atoms with Gasteiger partial charge in [0.2, 0.25) is 5.91 Å². The Kier molecular flexibility index (Phi) is 6.58. The van der Waals surface area contributed by atoms with Crippen LogP contribution in [-0.4, -0.2) is 37.8 Å². The summed E-state index contributed by atoms with van der Waals surface area (Å²) >= 11 is 0. The third kappa shape index (κ3) is 4.76. The molecule has 0 bridgehead atoms. The Bertz CT molecular complexity index is 1270. The summed E-state index contributed by atoms with van der Waals surface area (Å²) < 4.78 is 1.48. The average molecular weight is 457 g/mol. The number of hydrogen-bond donors (Lipinski definition) is 3. The van der Waals surface area contributed by atoms with Crippen molar-refractivity contribution in [3.63, 3.8) is 0 Å². The van der Waals surface area contributed by atoms with E-state index in [1.165, 1.54) is 4.68 Å². The van der Waals surface area contributed by atoms with Crippen molar-refractivity contribution >= 4 is 17.5 Å². The summed E-state index contributed by atoms with van der Waals surface area (Å²) in [5.41, 5.74) is 5.96. The minimum absolute atomic E-state index is 0.256. The summed E-state index contributed by atoms with van der Waals surface area (Å²) in [6.07, 6.45) is 1.55. The molecule has 3 N–H and O–H groups in total. The molecule has 2 aromatic heterocycles. The van der Waals surface area contributed by atoms with E-state index in [0.29, 0.717) is 11.4 Å². The molecule has 2 heterocycles. The molecular formula is C26H28N6O2. The quantitative estimate of drug-likeness (QED) is 0.391. The van der Waals surface area contributed by atoms with Crippen LogP contribution in [-0.2, 0) is 11.8 Å². The highest BCUT2D eigenvalue weighted by atomic mass is 16.2. The van der Waals surface area contributed by atoms with Crippen LogP contribution in [0, 0.1) is 13.8 Å². The number of rotatable bonds is 7. The molecule has 0 aliphatic rings. The predicted molar refractivity (Wildman–Crippen MR) is 131 cm³/mol. The molecule has 4 rings (SSSR count). The molecule has 4 aromatic rings. The SMILES string of the molecule is Cc1n[nH]c(C)c1-c1ccc(NC(=O)C(NC(=O)c2ccnn2C)[C@@H](C)c2ccccc2)cc1. The molecule has 8 nitrogen and oxygen atoms in total. The van der Waals surface area contributed by atoms with Crippen molar-refractivity contribution in [3.8, 4) is 11.1 Å². The first-order valence-electron chi connectivity index (χ1n) is 11.1. The zero-order valence-electron chi connectivity index (χ0n) is 19.7. The van der Waals surface area contributed by atoms with Crippen LogP contribution >= 0.6 is 0 Å². The normalized spacial score (nSPS) is 12.7. The van der Waals surface area contributed by atoms with Crippen LogP contribution < -0.4 is 10.6 Å². The van der Waals surface area contributed by atoms with Gasteiger partial charge in [0.25, 0.3) is 5.91 Å². The molecule has 2 amide bonds. The lowest BCUT2D eigenvalue weighted by Crippen LogP contribution is -2.47. The predicted octanol–water partition coefficient (Wildman–Crippen LogP) is 3.97. The molecule has 0 aliphatic carbocycles. The number of aryl methyl sites for hydroxylation is 3. The molecule has 2 atom stereocenters. The number of carbonyl (C=O) groups is 2. The number of amides is 2. The van der Waals surface area contributed by atoms with Gasteiger partial charge in [0.15, 0.2) is 0 Å². The highest BCUT2D eigenvalue weighted by molar-refractivity contribution is 6.01. The molecule has 34 heavy (non-hydrogen) atoms. The van der Waals surface area contributed by atoms with E-state index in [2.05, 4.69) is 25.9 Å². The van der Waals surface area contributed by atoms with Gasteiger partial charge in [-0.1, -0.05) is 49.4 Å². The van der Waals surface area contributed by atoms with Crippen molar-refractivity contribution < 1.29 is 9.59 Å². The summed E-state index contributed by atoms with van der Waals surface area (Å²) in [6.45, 7) is 5.86. The summed E-state index contributed by atoms with van der Waals surface area (Å²) in [4.78, 5) is 26.3. The molecule has 2 aromatic carbocycles. The van der Waals surface area contributed by atoms with Crippen molar-refractivity contribution in [2.24, 2.45) is 7.05 Å². The van der Waals surface area contributed by atoms with Gasteiger partial charge >= 0.3 is 0 Å². The van der Waals surface area contributed by atoms with Crippen LogP contribution in [0.5, 0.6) is 0 Å². The van der Waals surface area contributed by atoms with Gasteiger partial charge < -0.3 is 10.6 Å². The number of carbonyl (C=O) groups excluding carboxylic acids is 2. The molecular weight excluding hydrogens is 428 g/mol. The number of H-pyrrole nitrogens is 1. The third-order valence-electron chi connectivity index (χ3n) is 6.02. The van der Waals surface area contributed by atoms with Gasteiger partial charge in [0.05, 0.1) is 5.69 Å². The first kappa shape index (κ1) is 23.0. The molecule has 0 spiro atoms. The molecule has 0 aliphatic heterocycles. The molecule has 8 heteroatoms. The first-order valence-corrected chi connectivity index (χ1v) is 11.1. The van der Waals surface area contributed by atoms with Crippen LogP contribution in [0.1, 0.15) is 40.3 Å². The minimum atomic E-state index is -0.789. The van der Waals surface area contributed by atoms with E-state index in [4.69, 9.17) is 0 Å². The molecule has 0 radical (unpaired) electrons. The zero-order valence-corrected chi connectivity index (χ0v) is 19.7. The van der Waals surface area contributed by atoms with E-state index < -0.39 is 6.04 Å². The second-order valence-electron chi connectivity index (χ2n) is 8.37. The van der Waals surface area contributed by atoms with Gasteiger partial charge in [-0.3, -0.25) is 19.4 Å². The fourth-order valence-corrected chi connectivity index (χ4v) is 4.09. The summed E-state index contributed by atoms with van der Waals surface area (Å²) in [5.74, 6) is -0.909. The highest BCUT2D eigenvalue weighted by Gasteiger charge is 2.29. The largest absolute Gasteiger partial charge is 0.338 e. The lowest BCUT2D eigenvalue weighted by Gasteiger charge is -2.25. The van der Waals surface area contributed by atoms with Crippen LogP contribution in [0.4, 0.5) is 5.69 Å². The maximum Gasteiger partial charge on any atom is 0.270 e. The van der Waals surface area contributed by atoms with Crippen molar-refractivity contribution in [1.29, 1.82) is 0 Å². The molecule has 0 saturated heterocycles. The molecule has 1 unspecified atom stereocenters. The van der Waals surface area contributed by atoms with E-state index in [1.54, 1.807) is 19.3 Å². The smallest absolute Gasteiger partial charge is 0.270 e. The highest BCUT2D eigenvalue weighted by Crippen LogP contribution is 2.27. The van der Waals surface area contributed by atoms with Gasteiger partial charge in [0.1, 0.15) is 11.7 Å². The van der Waals surface area contributed by atoms with E-state index in [1.807, 2.05) is 75.4 Å². The number of nitrogens with zero attached hydrogens (tertiary/aromatic N) is 3. The number of aromatic nitrogens is 4. The maximum absolute atomic E-state index is 13.4. The number of aromatic amines is 1. The van der Waals surface area contributed by atoms with Gasteiger partial charge in [-0.15, -0.1) is 0 Å². The summed E-state index contributed by atoms with van der Waals surface area (Å²) in [5, 5.41) is 17.2. The Morgan fingerprint density at radius 2 is 1.71 bits per heavy atom. The number of benzene rings is 2. The van der Waals surface area contributed by atoms with E-state index in [0.717, 1.165) is 28.1 Å². The number of nitrogens with one attached hydrogen (secondary N) is 3. The maximum atomic E-state index is 13.4. The molecule has 0 fully saturated rings.